The first-order valence-corrected chi connectivity index (χ1v) is 5.30. The predicted molar refractivity (Wildman–Crippen MR) is 61.4 cm³/mol. The molecule has 0 aliphatic carbocycles. The number of rotatable bonds is 1. The van der Waals surface area contributed by atoms with Crippen LogP contribution in [0.3, 0.4) is 0 Å². The third-order valence-corrected chi connectivity index (χ3v) is 2.59. The van der Waals surface area contributed by atoms with Gasteiger partial charge in [-0.1, -0.05) is 12.1 Å². The lowest BCUT2D eigenvalue weighted by atomic mass is 10.1. The number of benzene rings is 1. The molecule has 84 valence electrons. The van der Waals surface area contributed by atoms with Crippen LogP contribution >= 0.6 is 0 Å². The highest BCUT2D eigenvalue weighted by molar-refractivity contribution is 6.09. The number of fused-ring (bicyclic) bond motifs is 1. The first-order valence-electron chi connectivity index (χ1n) is 5.30. The zero-order valence-corrected chi connectivity index (χ0v) is 9.36. The van der Waals surface area contributed by atoms with Crippen LogP contribution in [0.15, 0.2) is 24.3 Å². The van der Waals surface area contributed by atoms with E-state index in [4.69, 9.17) is 0 Å². The van der Waals surface area contributed by atoms with Crippen molar-refractivity contribution in [1.29, 1.82) is 0 Å². The second-order valence-electron chi connectivity index (χ2n) is 4.06. The third kappa shape index (κ3) is 1.66. The summed E-state index contributed by atoms with van der Waals surface area (Å²) in [6.45, 7) is 3.93. The highest BCUT2D eigenvalue weighted by Gasteiger charge is 2.27. The van der Waals surface area contributed by atoms with Crippen molar-refractivity contribution in [3.8, 4) is 0 Å². The summed E-state index contributed by atoms with van der Waals surface area (Å²) in [7, 11) is 0. The minimum absolute atomic E-state index is 0.0429. The van der Waals surface area contributed by atoms with Crippen LogP contribution < -0.4 is 10.2 Å². The van der Waals surface area contributed by atoms with Gasteiger partial charge in [0, 0.05) is 6.04 Å². The number of nitrogens with zero attached hydrogens (tertiary/aromatic N) is 1. The lowest BCUT2D eigenvalue weighted by Crippen LogP contribution is -2.40. The summed E-state index contributed by atoms with van der Waals surface area (Å²) in [5.41, 5.74) is 1.25. The second kappa shape index (κ2) is 3.96. The van der Waals surface area contributed by atoms with Crippen LogP contribution in [0.2, 0.25) is 0 Å². The normalized spacial score (nSPS) is 15.8. The number of nitrogens with one attached hydrogen (secondary N) is 1. The fourth-order valence-electron chi connectivity index (χ4n) is 1.91. The van der Waals surface area contributed by atoms with E-state index in [-0.39, 0.29) is 24.4 Å². The zero-order valence-electron chi connectivity index (χ0n) is 9.36. The molecule has 0 radical (unpaired) electrons. The number of amides is 2. The number of hydrogen-bond donors (Lipinski definition) is 1. The summed E-state index contributed by atoms with van der Waals surface area (Å²) in [4.78, 5) is 25.3. The Morgan fingerprint density at radius 1 is 1.25 bits per heavy atom. The Labute approximate surface area is 94.2 Å². The molecule has 0 saturated heterocycles. The Bertz CT molecular complexity index is 440. The van der Waals surface area contributed by atoms with Crippen molar-refractivity contribution in [2.75, 3.05) is 11.4 Å². The van der Waals surface area contributed by atoms with Crippen molar-refractivity contribution in [3.05, 3.63) is 29.8 Å². The van der Waals surface area contributed by atoms with Crippen molar-refractivity contribution in [1.82, 2.24) is 5.32 Å². The van der Waals surface area contributed by atoms with Crippen LogP contribution in [0.1, 0.15) is 24.2 Å². The average molecular weight is 218 g/mol. The van der Waals surface area contributed by atoms with Crippen LogP contribution in [0.5, 0.6) is 0 Å². The van der Waals surface area contributed by atoms with E-state index in [0.29, 0.717) is 11.3 Å². The molecule has 2 amide bonds. The molecule has 2 rings (SSSR count). The van der Waals surface area contributed by atoms with Gasteiger partial charge in [-0.25, -0.2) is 0 Å². The highest BCUT2D eigenvalue weighted by Crippen LogP contribution is 2.24. The highest BCUT2D eigenvalue weighted by atomic mass is 16.2. The van der Waals surface area contributed by atoms with Gasteiger partial charge in [0.25, 0.3) is 5.91 Å². The van der Waals surface area contributed by atoms with Gasteiger partial charge >= 0.3 is 0 Å². The SMILES string of the molecule is CC(C)N1C(=O)CNC(=O)c2ccccc21. The monoisotopic (exact) mass is 218 g/mol. The first kappa shape index (κ1) is 10.7. The number of carbonyl (C=O) groups is 2. The Balaban J connectivity index is 2.57. The average Bonchev–Trinajstić information content (AvgIpc) is 2.37. The molecule has 1 heterocycles. The van der Waals surface area contributed by atoms with Crippen molar-refractivity contribution < 1.29 is 9.59 Å². The van der Waals surface area contributed by atoms with Crippen LogP contribution in [-0.2, 0) is 4.79 Å². The maximum atomic E-state index is 11.9. The molecule has 0 spiro atoms. The van der Waals surface area contributed by atoms with Crippen molar-refractivity contribution in [2.45, 2.75) is 19.9 Å². The molecule has 1 aliphatic rings. The van der Waals surface area contributed by atoms with Gasteiger partial charge in [-0.05, 0) is 26.0 Å². The van der Waals surface area contributed by atoms with Gasteiger partial charge in [-0.15, -0.1) is 0 Å². The van der Waals surface area contributed by atoms with Crippen molar-refractivity contribution in [3.63, 3.8) is 0 Å². The van der Waals surface area contributed by atoms with Crippen LogP contribution in [0.25, 0.3) is 0 Å². The molecule has 0 saturated carbocycles. The maximum absolute atomic E-state index is 11.9. The number of carbonyl (C=O) groups excluding carboxylic acids is 2. The van der Waals surface area contributed by atoms with Gasteiger partial charge < -0.3 is 10.2 Å². The summed E-state index contributed by atoms with van der Waals surface area (Å²) in [5, 5.41) is 2.61. The Morgan fingerprint density at radius 3 is 2.62 bits per heavy atom. The van der Waals surface area contributed by atoms with Gasteiger partial charge in [0.1, 0.15) is 0 Å². The van der Waals surface area contributed by atoms with Crippen molar-refractivity contribution >= 4 is 17.5 Å². The molecule has 0 fully saturated rings. The largest absolute Gasteiger partial charge is 0.343 e. The van der Waals surface area contributed by atoms with E-state index in [1.54, 1.807) is 23.1 Å². The number of hydrogen-bond acceptors (Lipinski definition) is 2. The van der Waals surface area contributed by atoms with E-state index in [9.17, 15) is 9.59 Å². The molecule has 1 N–H and O–H groups in total. The van der Waals surface area contributed by atoms with E-state index in [1.807, 2.05) is 19.9 Å². The van der Waals surface area contributed by atoms with Gasteiger partial charge in [-0.3, -0.25) is 9.59 Å². The molecule has 4 heteroatoms. The Kier molecular flexibility index (Phi) is 2.64. The van der Waals surface area contributed by atoms with E-state index in [2.05, 4.69) is 5.32 Å². The van der Waals surface area contributed by atoms with E-state index in [0.717, 1.165) is 0 Å². The smallest absolute Gasteiger partial charge is 0.253 e. The van der Waals surface area contributed by atoms with Crippen LogP contribution in [-0.4, -0.2) is 24.4 Å². The summed E-state index contributed by atoms with van der Waals surface area (Å²) in [6, 6.07) is 7.21. The lowest BCUT2D eigenvalue weighted by Gasteiger charge is -2.26. The fraction of sp³-hybridized carbons (Fsp3) is 0.333. The lowest BCUT2D eigenvalue weighted by molar-refractivity contribution is -0.117. The molecule has 4 nitrogen and oxygen atoms in total. The van der Waals surface area contributed by atoms with Crippen LogP contribution in [0.4, 0.5) is 5.69 Å². The van der Waals surface area contributed by atoms with Gasteiger partial charge in [-0.2, -0.15) is 0 Å². The van der Waals surface area contributed by atoms with Gasteiger partial charge in [0.2, 0.25) is 5.91 Å². The first-order chi connectivity index (χ1) is 7.61. The zero-order chi connectivity index (χ0) is 11.7. The van der Waals surface area contributed by atoms with E-state index in [1.165, 1.54) is 0 Å². The molecule has 1 aliphatic heterocycles. The predicted octanol–water partition coefficient (Wildman–Crippen LogP) is 1.17. The fourth-order valence-corrected chi connectivity index (χ4v) is 1.91. The summed E-state index contributed by atoms with van der Waals surface area (Å²) >= 11 is 0. The summed E-state index contributed by atoms with van der Waals surface area (Å²) in [6.07, 6.45) is 0. The molecular weight excluding hydrogens is 204 g/mol. The van der Waals surface area contributed by atoms with E-state index < -0.39 is 0 Å². The standard InChI is InChI=1S/C12H14N2O2/c1-8(2)14-10-6-4-3-5-9(10)12(16)13-7-11(14)15/h3-6,8H,7H2,1-2H3,(H,13,16). The quantitative estimate of drug-likeness (QED) is 0.769. The minimum Gasteiger partial charge on any atom is -0.343 e. The van der Waals surface area contributed by atoms with Gasteiger partial charge in [0.05, 0.1) is 17.8 Å². The van der Waals surface area contributed by atoms with Crippen LogP contribution in [0, 0.1) is 0 Å². The summed E-state index contributed by atoms with van der Waals surface area (Å²) in [5.74, 6) is -0.264. The van der Waals surface area contributed by atoms with Crippen molar-refractivity contribution in [2.24, 2.45) is 0 Å². The molecule has 0 unspecified atom stereocenters. The topological polar surface area (TPSA) is 49.4 Å². The number of para-hydroxylation sites is 1. The molecule has 1 aromatic carbocycles. The second-order valence-corrected chi connectivity index (χ2v) is 4.06. The molecule has 0 atom stereocenters. The van der Waals surface area contributed by atoms with Gasteiger partial charge in [0.15, 0.2) is 0 Å². The minimum atomic E-state index is -0.188. The summed E-state index contributed by atoms with van der Waals surface area (Å²) < 4.78 is 0. The molecule has 0 aromatic heterocycles. The number of anilines is 1. The molecular formula is C12H14N2O2. The Hall–Kier alpha value is -1.84. The molecule has 1 aromatic rings. The molecule has 16 heavy (non-hydrogen) atoms. The molecule has 0 bridgehead atoms. The van der Waals surface area contributed by atoms with E-state index >= 15 is 0 Å². The third-order valence-electron chi connectivity index (χ3n) is 2.59. The maximum Gasteiger partial charge on any atom is 0.253 e. The Morgan fingerprint density at radius 2 is 1.94 bits per heavy atom.